The summed E-state index contributed by atoms with van der Waals surface area (Å²) in [5.74, 6) is 0.276. The molecule has 1 fully saturated rings. The van der Waals surface area contributed by atoms with E-state index >= 15 is 0 Å². The van der Waals surface area contributed by atoms with Crippen molar-refractivity contribution in [3.05, 3.63) is 41.0 Å². The number of halogens is 1. The topological polar surface area (TPSA) is 71.5 Å². The SMILES string of the molecule is COC(=O)c1ccc(N2CCN(c3nc4ccc(Cl)cc4s3)CC2)nn1. The Hall–Kier alpha value is -2.45. The average molecular weight is 390 g/mol. The second kappa shape index (κ2) is 7.05. The molecule has 1 saturated heterocycles. The normalized spacial score (nSPS) is 14.7. The summed E-state index contributed by atoms with van der Waals surface area (Å²) in [6.45, 7) is 3.30. The first kappa shape index (κ1) is 17.0. The van der Waals surface area contributed by atoms with Crippen molar-refractivity contribution in [1.82, 2.24) is 15.2 Å². The summed E-state index contributed by atoms with van der Waals surface area (Å²) in [4.78, 5) is 20.6. The van der Waals surface area contributed by atoms with Crippen LogP contribution in [0, 0.1) is 0 Å². The Labute approximate surface area is 159 Å². The molecule has 0 N–H and O–H groups in total. The number of methoxy groups -OCH3 is 1. The molecule has 0 amide bonds. The lowest BCUT2D eigenvalue weighted by Gasteiger charge is -2.34. The van der Waals surface area contributed by atoms with Crippen LogP contribution in [0.1, 0.15) is 10.5 Å². The molecule has 0 bridgehead atoms. The minimum Gasteiger partial charge on any atom is -0.464 e. The molecule has 1 aromatic carbocycles. The largest absolute Gasteiger partial charge is 0.464 e. The van der Waals surface area contributed by atoms with Crippen molar-refractivity contribution in [3.8, 4) is 0 Å². The molecular weight excluding hydrogens is 374 g/mol. The number of carbonyl (C=O) groups excluding carboxylic acids is 1. The highest BCUT2D eigenvalue weighted by atomic mass is 35.5. The van der Waals surface area contributed by atoms with E-state index in [-0.39, 0.29) is 5.69 Å². The standard InChI is InChI=1S/C17H16ClN5O2S/c1-25-16(24)13-4-5-15(21-20-13)22-6-8-23(9-7-22)17-19-12-3-2-11(18)10-14(12)26-17/h2-5,10H,6-9H2,1H3. The Morgan fingerprint density at radius 1 is 1.12 bits per heavy atom. The molecule has 1 aliphatic rings. The van der Waals surface area contributed by atoms with Crippen molar-refractivity contribution >= 4 is 50.1 Å². The Kier molecular flexibility index (Phi) is 4.60. The fourth-order valence-electron chi connectivity index (χ4n) is 2.86. The lowest BCUT2D eigenvalue weighted by Crippen LogP contribution is -2.46. The van der Waals surface area contributed by atoms with Gasteiger partial charge >= 0.3 is 5.97 Å². The van der Waals surface area contributed by atoms with Crippen LogP contribution in [0.5, 0.6) is 0 Å². The molecule has 0 saturated carbocycles. The van der Waals surface area contributed by atoms with Crippen LogP contribution in [0.15, 0.2) is 30.3 Å². The van der Waals surface area contributed by atoms with Gasteiger partial charge < -0.3 is 14.5 Å². The molecule has 0 spiro atoms. The number of aromatic nitrogens is 3. The highest BCUT2D eigenvalue weighted by Crippen LogP contribution is 2.31. The van der Waals surface area contributed by atoms with Crippen molar-refractivity contribution in [3.63, 3.8) is 0 Å². The number of piperazine rings is 1. The lowest BCUT2D eigenvalue weighted by molar-refractivity contribution is 0.0592. The van der Waals surface area contributed by atoms with E-state index in [1.165, 1.54) is 7.11 Å². The molecule has 7 nitrogen and oxygen atoms in total. The molecule has 0 unspecified atom stereocenters. The van der Waals surface area contributed by atoms with Crippen LogP contribution in [0.25, 0.3) is 10.2 Å². The molecule has 134 valence electrons. The average Bonchev–Trinajstić information content (AvgIpc) is 3.11. The summed E-state index contributed by atoms with van der Waals surface area (Å²) >= 11 is 7.71. The number of benzene rings is 1. The number of rotatable bonds is 3. The van der Waals surface area contributed by atoms with Gasteiger partial charge in [0.05, 0.1) is 17.3 Å². The van der Waals surface area contributed by atoms with Gasteiger partial charge in [0.25, 0.3) is 0 Å². The Morgan fingerprint density at radius 2 is 1.88 bits per heavy atom. The fraction of sp³-hybridized carbons (Fsp3) is 0.294. The number of esters is 1. The molecule has 0 radical (unpaired) electrons. The smallest absolute Gasteiger partial charge is 0.358 e. The molecule has 2 aromatic heterocycles. The first-order chi connectivity index (χ1) is 12.6. The fourth-order valence-corrected chi connectivity index (χ4v) is 4.15. The third-order valence-corrected chi connectivity index (χ3v) is 5.57. The zero-order valence-electron chi connectivity index (χ0n) is 14.1. The van der Waals surface area contributed by atoms with Gasteiger partial charge in [-0.15, -0.1) is 10.2 Å². The van der Waals surface area contributed by atoms with Crippen LogP contribution in [-0.2, 0) is 4.74 Å². The summed E-state index contributed by atoms with van der Waals surface area (Å²) in [7, 11) is 1.33. The number of anilines is 2. The molecule has 1 aliphatic heterocycles. The maximum Gasteiger partial charge on any atom is 0.358 e. The van der Waals surface area contributed by atoms with Crippen molar-refractivity contribution in [2.24, 2.45) is 0 Å². The molecule has 3 aromatic rings. The van der Waals surface area contributed by atoms with Crippen molar-refractivity contribution in [2.75, 3.05) is 43.1 Å². The van der Waals surface area contributed by atoms with Gasteiger partial charge in [0.1, 0.15) is 0 Å². The number of fused-ring (bicyclic) bond motifs is 1. The van der Waals surface area contributed by atoms with E-state index in [9.17, 15) is 4.79 Å². The number of hydrogen-bond donors (Lipinski definition) is 0. The van der Waals surface area contributed by atoms with Crippen molar-refractivity contribution < 1.29 is 9.53 Å². The highest BCUT2D eigenvalue weighted by molar-refractivity contribution is 7.22. The maximum absolute atomic E-state index is 11.4. The van der Waals surface area contributed by atoms with Crippen molar-refractivity contribution in [2.45, 2.75) is 0 Å². The molecule has 0 atom stereocenters. The van der Waals surface area contributed by atoms with Crippen molar-refractivity contribution in [1.29, 1.82) is 0 Å². The number of nitrogens with zero attached hydrogens (tertiary/aromatic N) is 5. The summed E-state index contributed by atoms with van der Waals surface area (Å²) in [6.07, 6.45) is 0. The van der Waals surface area contributed by atoms with Crippen LogP contribution < -0.4 is 9.80 Å². The Bertz CT molecular complexity index is 938. The van der Waals surface area contributed by atoms with Crippen LogP contribution in [0.4, 0.5) is 10.9 Å². The molecule has 0 aliphatic carbocycles. The molecular formula is C17H16ClN5O2S. The number of thiazole rings is 1. The third-order valence-electron chi connectivity index (χ3n) is 4.26. The van der Waals surface area contributed by atoms with Gasteiger partial charge in [-0.25, -0.2) is 9.78 Å². The summed E-state index contributed by atoms with van der Waals surface area (Å²) in [5, 5.41) is 9.82. The van der Waals surface area contributed by atoms with E-state index in [2.05, 4.69) is 24.7 Å². The predicted octanol–water partition coefficient (Wildman–Crippen LogP) is 2.85. The van der Waals surface area contributed by atoms with E-state index < -0.39 is 5.97 Å². The van der Waals surface area contributed by atoms with Crippen LogP contribution in [0.3, 0.4) is 0 Å². The van der Waals surface area contributed by atoms with E-state index in [1.54, 1.807) is 23.5 Å². The van der Waals surface area contributed by atoms with Gasteiger partial charge in [0, 0.05) is 31.2 Å². The molecule has 9 heteroatoms. The molecule has 26 heavy (non-hydrogen) atoms. The van der Waals surface area contributed by atoms with Gasteiger partial charge in [-0.1, -0.05) is 22.9 Å². The van der Waals surface area contributed by atoms with Gasteiger partial charge in [-0.3, -0.25) is 0 Å². The van der Waals surface area contributed by atoms with Crippen LogP contribution in [-0.4, -0.2) is 54.4 Å². The maximum atomic E-state index is 11.4. The quantitative estimate of drug-likeness (QED) is 0.638. The number of hydrogen-bond acceptors (Lipinski definition) is 8. The second-order valence-corrected chi connectivity index (χ2v) is 7.30. The minimum absolute atomic E-state index is 0.211. The second-order valence-electron chi connectivity index (χ2n) is 5.85. The van der Waals surface area contributed by atoms with Gasteiger partial charge in [-0.05, 0) is 30.3 Å². The first-order valence-corrected chi connectivity index (χ1v) is 9.31. The van der Waals surface area contributed by atoms with E-state index in [4.69, 9.17) is 16.6 Å². The molecule has 4 rings (SSSR count). The summed E-state index contributed by atoms with van der Waals surface area (Å²) in [6, 6.07) is 9.20. The van der Waals surface area contributed by atoms with Crippen LogP contribution in [0.2, 0.25) is 5.02 Å². The van der Waals surface area contributed by atoms with E-state index in [1.807, 2.05) is 18.2 Å². The van der Waals surface area contributed by atoms with Gasteiger partial charge in [0.15, 0.2) is 16.6 Å². The van der Waals surface area contributed by atoms with Gasteiger partial charge in [0.2, 0.25) is 0 Å². The number of ether oxygens (including phenoxy) is 1. The highest BCUT2D eigenvalue weighted by Gasteiger charge is 2.21. The zero-order valence-corrected chi connectivity index (χ0v) is 15.6. The first-order valence-electron chi connectivity index (χ1n) is 8.12. The summed E-state index contributed by atoms with van der Waals surface area (Å²) in [5.41, 5.74) is 1.18. The van der Waals surface area contributed by atoms with E-state index in [0.717, 1.165) is 52.4 Å². The number of carbonyl (C=O) groups is 1. The Morgan fingerprint density at radius 3 is 2.58 bits per heavy atom. The lowest BCUT2D eigenvalue weighted by atomic mass is 10.3. The zero-order chi connectivity index (χ0) is 18.1. The van der Waals surface area contributed by atoms with E-state index in [0.29, 0.717) is 0 Å². The predicted molar refractivity (Wildman–Crippen MR) is 102 cm³/mol. The monoisotopic (exact) mass is 389 g/mol. The van der Waals surface area contributed by atoms with Crippen LogP contribution >= 0.6 is 22.9 Å². The molecule has 3 heterocycles. The Balaban J connectivity index is 1.44. The van der Waals surface area contributed by atoms with Gasteiger partial charge in [-0.2, -0.15) is 0 Å². The summed E-state index contributed by atoms with van der Waals surface area (Å²) < 4.78 is 5.74. The minimum atomic E-state index is -0.482. The third kappa shape index (κ3) is 3.30.